The zero-order chi connectivity index (χ0) is 13.2. The minimum atomic E-state index is -4.30. The highest BCUT2D eigenvalue weighted by atomic mass is 35.5. The second-order valence-corrected chi connectivity index (χ2v) is 4.48. The van der Waals surface area contributed by atoms with E-state index in [1.54, 1.807) is 0 Å². The molecule has 108 valence electrons. The van der Waals surface area contributed by atoms with Crippen LogP contribution >= 0.6 is 12.4 Å². The fourth-order valence-electron chi connectivity index (χ4n) is 2.36. The van der Waals surface area contributed by atoms with Crippen LogP contribution in [0.5, 0.6) is 5.75 Å². The van der Waals surface area contributed by atoms with Crippen molar-refractivity contribution in [1.82, 2.24) is 5.32 Å². The van der Waals surface area contributed by atoms with E-state index in [0.717, 1.165) is 32.0 Å². The molecule has 1 aromatic carbocycles. The maximum Gasteiger partial charge on any atom is 0.416 e. The van der Waals surface area contributed by atoms with Crippen molar-refractivity contribution >= 4 is 12.4 Å². The fraction of sp³-hybridized carbons (Fsp3) is 0.538. The van der Waals surface area contributed by atoms with Gasteiger partial charge in [0.25, 0.3) is 0 Å². The highest BCUT2D eigenvalue weighted by Gasteiger charge is 2.32. The van der Waals surface area contributed by atoms with Crippen LogP contribution in [-0.2, 0) is 6.18 Å². The Morgan fingerprint density at radius 3 is 2.37 bits per heavy atom. The van der Waals surface area contributed by atoms with Crippen LogP contribution in [0.15, 0.2) is 18.2 Å². The van der Waals surface area contributed by atoms with Gasteiger partial charge in [-0.2, -0.15) is 13.2 Å². The van der Waals surface area contributed by atoms with Crippen LogP contribution in [0.2, 0.25) is 0 Å². The third-order valence-corrected chi connectivity index (χ3v) is 3.34. The number of benzene rings is 1. The second kappa shape index (κ2) is 6.48. The molecule has 2 rings (SSSR count). The number of hydrogen-bond acceptors (Lipinski definition) is 2. The summed E-state index contributed by atoms with van der Waals surface area (Å²) in [5.41, 5.74) is 0.0747. The molecule has 19 heavy (non-hydrogen) atoms. The van der Waals surface area contributed by atoms with Crippen molar-refractivity contribution in [2.75, 3.05) is 20.2 Å². The minimum absolute atomic E-state index is 0. The molecule has 1 aliphatic heterocycles. The van der Waals surface area contributed by atoms with Crippen LogP contribution < -0.4 is 10.1 Å². The monoisotopic (exact) mass is 295 g/mol. The van der Waals surface area contributed by atoms with Crippen LogP contribution in [0, 0.1) is 0 Å². The van der Waals surface area contributed by atoms with Gasteiger partial charge in [0, 0.05) is 0 Å². The number of ether oxygens (including phenoxy) is 1. The van der Waals surface area contributed by atoms with Crippen LogP contribution in [0.3, 0.4) is 0 Å². The zero-order valence-corrected chi connectivity index (χ0v) is 11.4. The summed E-state index contributed by atoms with van der Waals surface area (Å²) in [5, 5.41) is 3.20. The molecule has 0 atom stereocenters. The fourth-order valence-corrected chi connectivity index (χ4v) is 2.36. The largest absolute Gasteiger partial charge is 0.496 e. The van der Waals surface area contributed by atoms with Crippen LogP contribution in [0.1, 0.15) is 29.9 Å². The Morgan fingerprint density at radius 2 is 1.84 bits per heavy atom. The van der Waals surface area contributed by atoms with Gasteiger partial charge in [-0.3, -0.25) is 0 Å². The number of hydrogen-bond donors (Lipinski definition) is 1. The standard InChI is InChI=1S/C13H16F3NO.ClH/c1-18-12-3-2-10(13(14,15)16)8-11(12)9-4-6-17-7-5-9;/h2-3,8-9,17H,4-7H2,1H3;1H. The van der Waals surface area contributed by atoms with Gasteiger partial charge in [-0.15, -0.1) is 12.4 Å². The van der Waals surface area contributed by atoms with E-state index in [1.165, 1.54) is 19.2 Å². The van der Waals surface area contributed by atoms with E-state index in [0.29, 0.717) is 11.3 Å². The van der Waals surface area contributed by atoms with E-state index in [-0.39, 0.29) is 18.3 Å². The number of rotatable bonds is 2. The average Bonchev–Trinajstić information content (AvgIpc) is 2.38. The number of methoxy groups -OCH3 is 1. The normalized spacial score (nSPS) is 16.8. The summed E-state index contributed by atoms with van der Waals surface area (Å²) in [6.07, 6.45) is -2.61. The molecule has 0 aliphatic carbocycles. The molecule has 0 spiro atoms. The summed E-state index contributed by atoms with van der Waals surface area (Å²) < 4.78 is 43.3. The number of alkyl halides is 3. The Bertz CT molecular complexity index is 417. The molecule has 0 radical (unpaired) electrons. The number of nitrogens with one attached hydrogen (secondary N) is 1. The van der Waals surface area contributed by atoms with Crippen molar-refractivity contribution in [3.63, 3.8) is 0 Å². The molecule has 0 bridgehead atoms. The molecule has 2 nitrogen and oxygen atoms in total. The van der Waals surface area contributed by atoms with Gasteiger partial charge in [0.1, 0.15) is 5.75 Å². The van der Waals surface area contributed by atoms with Gasteiger partial charge in [-0.25, -0.2) is 0 Å². The predicted octanol–water partition coefficient (Wildman–Crippen LogP) is 3.60. The maximum absolute atomic E-state index is 12.7. The first-order valence-corrected chi connectivity index (χ1v) is 5.98. The van der Waals surface area contributed by atoms with Gasteiger partial charge in [0.2, 0.25) is 0 Å². The lowest BCUT2D eigenvalue weighted by molar-refractivity contribution is -0.137. The van der Waals surface area contributed by atoms with E-state index in [1.807, 2.05) is 0 Å². The van der Waals surface area contributed by atoms with E-state index >= 15 is 0 Å². The lowest BCUT2D eigenvalue weighted by Crippen LogP contribution is -2.27. The lowest BCUT2D eigenvalue weighted by Gasteiger charge is -2.25. The molecule has 0 saturated carbocycles. The second-order valence-electron chi connectivity index (χ2n) is 4.48. The quantitative estimate of drug-likeness (QED) is 0.900. The molecule has 1 aromatic rings. The van der Waals surface area contributed by atoms with Crippen LogP contribution in [0.25, 0.3) is 0 Å². The van der Waals surface area contributed by atoms with Crippen molar-refractivity contribution in [2.24, 2.45) is 0 Å². The third-order valence-electron chi connectivity index (χ3n) is 3.34. The molecular formula is C13H17ClF3NO. The van der Waals surface area contributed by atoms with Crippen molar-refractivity contribution in [1.29, 1.82) is 0 Å². The van der Waals surface area contributed by atoms with Crippen molar-refractivity contribution < 1.29 is 17.9 Å². The van der Waals surface area contributed by atoms with Crippen LogP contribution in [-0.4, -0.2) is 20.2 Å². The molecule has 1 saturated heterocycles. The molecular weight excluding hydrogens is 279 g/mol. The Kier molecular flexibility index (Phi) is 5.50. The van der Waals surface area contributed by atoms with Gasteiger partial charge in [0.05, 0.1) is 12.7 Å². The van der Waals surface area contributed by atoms with E-state index in [2.05, 4.69) is 5.32 Å². The Balaban J connectivity index is 0.00000180. The lowest BCUT2D eigenvalue weighted by atomic mass is 9.88. The van der Waals surface area contributed by atoms with Gasteiger partial charge in [0.15, 0.2) is 0 Å². The van der Waals surface area contributed by atoms with E-state index in [9.17, 15) is 13.2 Å². The highest BCUT2D eigenvalue weighted by molar-refractivity contribution is 5.85. The summed E-state index contributed by atoms with van der Waals surface area (Å²) in [5.74, 6) is 0.693. The first-order chi connectivity index (χ1) is 8.52. The molecule has 1 heterocycles. The summed E-state index contributed by atoms with van der Waals surface area (Å²) in [4.78, 5) is 0. The topological polar surface area (TPSA) is 21.3 Å². The summed E-state index contributed by atoms with van der Waals surface area (Å²) >= 11 is 0. The summed E-state index contributed by atoms with van der Waals surface area (Å²) in [7, 11) is 1.49. The summed E-state index contributed by atoms with van der Waals surface area (Å²) in [6, 6.07) is 3.72. The Labute approximate surface area is 116 Å². The van der Waals surface area contributed by atoms with Gasteiger partial charge in [-0.05, 0) is 55.6 Å². The molecule has 1 fully saturated rings. The molecule has 6 heteroatoms. The molecule has 0 unspecified atom stereocenters. The first kappa shape index (κ1) is 16.1. The molecule has 1 N–H and O–H groups in total. The Morgan fingerprint density at radius 1 is 1.21 bits per heavy atom. The molecule has 0 aromatic heterocycles. The van der Waals surface area contributed by atoms with Crippen LogP contribution in [0.4, 0.5) is 13.2 Å². The molecule has 1 aliphatic rings. The van der Waals surface area contributed by atoms with Crippen molar-refractivity contribution in [3.8, 4) is 5.75 Å². The van der Waals surface area contributed by atoms with Crippen molar-refractivity contribution in [3.05, 3.63) is 29.3 Å². The zero-order valence-electron chi connectivity index (χ0n) is 10.6. The van der Waals surface area contributed by atoms with E-state index in [4.69, 9.17) is 4.74 Å². The SMILES string of the molecule is COc1ccc(C(F)(F)F)cc1C1CCNCC1.Cl. The minimum Gasteiger partial charge on any atom is -0.496 e. The third kappa shape index (κ3) is 3.76. The predicted molar refractivity (Wildman–Crippen MR) is 70.1 cm³/mol. The number of halogens is 4. The van der Waals surface area contributed by atoms with Crippen molar-refractivity contribution in [2.45, 2.75) is 24.9 Å². The smallest absolute Gasteiger partial charge is 0.416 e. The number of piperidine rings is 1. The average molecular weight is 296 g/mol. The summed E-state index contributed by atoms with van der Waals surface area (Å²) in [6.45, 7) is 1.67. The molecule has 0 amide bonds. The first-order valence-electron chi connectivity index (χ1n) is 5.98. The van der Waals surface area contributed by atoms with E-state index < -0.39 is 11.7 Å². The van der Waals surface area contributed by atoms with Gasteiger partial charge >= 0.3 is 6.18 Å². The highest BCUT2D eigenvalue weighted by Crippen LogP contribution is 2.37. The Hall–Kier alpha value is -0.940. The maximum atomic E-state index is 12.7. The van der Waals surface area contributed by atoms with Gasteiger partial charge in [-0.1, -0.05) is 0 Å². The van der Waals surface area contributed by atoms with Gasteiger partial charge < -0.3 is 10.1 Å².